The minimum Gasteiger partial charge on any atom is -0.462 e. The van der Waals surface area contributed by atoms with Crippen molar-refractivity contribution in [1.29, 1.82) is 0 Å². The van der Waals surface area contributed by atoms with Crippen LogP contribution in [0.5, 0.6) is 0 Å². The molecule has 0 bridgehead atoms. The minimum absolute atomic E-state index is 0.0813. The Labute approximate surface area is 175 Å². The fraction of sp³-hybridized carbons (Fsp3) is 0.760. The summed E-state index contributed by atoms with van der Waals surface area (Å²) in [6.07, 6.45) is 12.1. The van der Waals surface area contributed by atoms with Gasteiger partial charge in [0.25, 0.3) is 0 Å². The molecule has 4 aliphatic carbocycles. The molecule has 4 rings (SSSR count). The Morgan fingerprint density at radius 1 is 1.14 bits per heavy atom. The van der Waals surface area contributed by atoms with Crippen LogP contribution in [0.3, 0.4) is 0 Å². The number of rotatable bonds is 3. The Balaban J connectivity index is 1.60. The van der Waals surface area contributed by atoms with E-state index in [9.17, 15) is 9.59 Å². The summed E-state index contributed by atoms with van der Waals surface area (Å²) in [4.78, 5) is 23.1. The van der Waals surface area contributed by atoms with Crippen molar-refractivity contribution in [3.8, 4) is 0 Å². The van der Waals surface area contributed by atoms with Crippen LogP contribution in [-0.4, -0.2) is 18.0 Å². The van der Waals surface area contributed by atoms with Crippen LogP contribution in [0.4, 0.5) is 0 Å². The van der Waals surface area contributed by atoms with E-state index in [-0.39, 0.29) is 28.9 Å². The molecule has 0 aromatic carbocycles. The van der Waals surface area contributed by atoms with Crippen molar-refractivity contribution in [2.24, 2.45) is 34.5 Å². The Morgan fingerprint density at radius 3 is 2.55 bits per heavy atom. The van der Waals surface area contributed by atoms with E-state index in [0.29, 0.717) is 23.7 Å². The third-order valence-electron chi connectivity index (χ3n) is 9.02. The Hall–Kier alpha value is -1.58. The number of fused-ring (bicyclic) bond motifs is 5. The summed E-state index contributed by atoms with van der Waals surface area (Å²) in [5.74, 6) is 2.80. The highest BCUT2D eigenvalue weighted by Crippen LogP contribution is 2.67. The zero-order chi connectivity index (χ0) is 21.0. The Kier molecular flexibility index (Phi) is 5.19. The molecule has 0 heterocycles. The van der Waals surface area contributed by atoms with E-state index in [2.05, 4.69) is 32.9 Å². The summed E-state index contributed by atoms with van der Waals surface area (Å²) in [6.45, 7) is 10.2. The number of hydrogen-bond donors (Lipinski definition) is 0. The lowest BCUT2D eigenvalue weighted by molar-refractivity contribution is -0.149. The van der Waals surface area contributed by atoms with Gasteiger partial charge in [-0.2, -0.15) is 0 Å². The molecule has 0 radical (unpaired) electrons. The second kappa shape index (κ2) is 7.28. The van der Waals surface area contributed by atoms with Crippen LogP contribution in [0.25, 0.3) is 0 Å². The van der Waals surface area contributed by atoms with Crippen LogP contribution < -0.4 is 0 Å². The highest BCUT2D eigenvalue weighted by molar-refractivity contribution is 5.68. The summed E-state index contributed by atoms with van der Waals surface area (Å²) < 4.78 is 11.2. The molecule has 3 saturated carbocycles. The van der Waals surface area contributed by atoms with E-state index in [1.165, 1.54) is 31.8 Å². The summed E-state index contributed by atoms with van der Waals surface area (Å²) in [7, 11) is 0. The number of esters is 2. The predicted molar refractivity (Wildman–Crippen MR) is 112 cm³/mol. The van der Waals surface area contributed by atoms with Gasteiger partial charge in [0, 0.05) is 19.8 Å². The first-order valence-corrected chi connectivity index (χ1v) is 11.5. The van der Waals surface area contributed by atoms with Gasteiger partial charge in [-0.3, -0.25) is 9.59 Å². The first-order valence-electron chi connectivity index (χ1n) is 11.5. The van der Waals surface area contributed by atoms with Crippen molar-refractivity contribution in [2.45, 2.75) is 85.7 Å². The van der Waals surface area contributed by atoms with Crippen LogP contribution in [0.1, 0.15) is 79.6 Å². The smallest absolute Gasteiger partial charge is 0.308 e. The van der Waals surface area contributed by atoms with Gasteiger partial charge in [0.05, 0.1) is 0 Å². The average Bonchev–Trinajstić information content (AvgIpc) is 2.92. The normalized spacial score (nSPS) is 43.3. The summed E-state index contributed by atoms with van der Waals surface area (Å²) in [5.41, 5.74) is 1.90. The fourth-order valence-corrected chi connectivity index (χ4v) is 7.79. The van der Waals surface area contributed by atoms with Gasteiger partial charge in [0.2, 0.25) is 0 Å². The molecule has 160 valence electrons. The monoisotopic (exact) mass is 400 g/mol. The predicted octanol–water partition coefficient (Wildman–Crippen LogP) is 5.57. The molecule has 4 heteroatoms. The van der Waals surface area contributed by atoms with Gasteiger partial charge in [-0.05, 0) is 85.7 Å². The molecule has 29 heavy (non-hydrogen) atoms. The van der Waals surface area contributed by atoms with Crippen LogP contribution in [-0.2, 0) is 19.1 Å². The quantitative estimate of drug-likeness (QED) is 0.581. The molecular formula is C25H36O4. The second-order valence-corrected chi connectivity index (χ2v) is 10.3. The van der Waals surface area contributed by atoms with Crippen molar-refractivity contribution in [3.05, 3.63) is 23.5 Å². The van der Waals surface area contributed by atoms with E-state index in [0.717, 1.165) is 31.4 Å². The average molecular weight is 401 g/mol. The number of carbonyl (C=O) groups excluding carboxylic acids is 2. The van der Waals surface area contributed by atoms with Crippen LogP contribution in [0.15, 0.2) is 23.5 Å². The molecule has 0 aliphatic heterocycles. The highest BCUT2D eigenvalue weighted by atomic mass is 16.5. The van der Waals surface area contributed by atoms with E-state index < -0.39 is 0 Å². The maximum Gasteiger partial charge on any atom is 0.308 e. The zero-order valence-electron chi connectivity index (χ0n) is 18.6. The maximum absolute atomic E-state index is 11.7. The third-order valence-corrected chi connectivity index (χ3v) is 9.02. The van der Waals surface area contributed by atoms with Gasteiger partial charge in [0.15, 0.2) is 0 Å². The first kappa shape index (κ1) is 20.7. The molecule has 0 spiro atoms. The molecule has 7 atom stereocenters. The molecule has 0 saturated heterocycles. The molecular weight excluding hydrogens is 364 g/mol. The first-order chi connectivity index (χ1) is 13.7. The van der Waals surface area contributed by atoms with Crippen molar-refractivity contribution in [2.75, 3.05) is 0 Å². The summed E-state index contributed by atoms with van der Waals surface area (Å²) in [6, 6.07) is 0. The Bertz CT molecular complexity index is 765. The van der Waals surface area contributed by atoms with Crippen molar-refractivity contribution < 1.29 is 19.1 Å². The number of hydrogen-bond acceptors (Lipinski definition) is 4. The molecule has 0 amide bonds. The van der Waals surface area contributed by atoms with E-state index in [1.54, 1.807) is 6.92 Å². The largest absolute Gasteiger partial charge is 0.462 e. The molecule has 1 unspecified atom stereocenters. The number of ether oxygens (including phenoxy) is 2. The molecule has 4 aliphatic rings. The van der Waals surface area contributed by atoms with Gasteiger partial charge in [-0.15, -0.1) is 0 Å². The minimum atomic E-state index is -0.244. The zero-order valence-corrected chi connectivity index (χ0v) is 18.6. The van der Waals surface area contributed by atoms with Gasteiger partial charge in [-0.25, -0.2) is 0 Å². The van der Waals surface area contributed by atoms with E-state index in [1.807, 2.05) is 0 Å². The molecule has 4 nitrogen and oxygen atoms in total. The van der Waals surface area contributed by atoms with E-state index >= 15 is 0 Å². The maximum atomic E-state index is 11.7. The van der Waals surface area contributed by atoms with Crippen molar-refractivity contribution >= 4 is 11.9 Å². The van der Waals surface area contributed by atoms with Gasteiger partial charge < -0.3 is 9.47 Å². The third kappa shape index (κ3) is 3.27. The van der Waals surface area contributed by atoms with Crippen molar-refractivity contribution in [1.82, 2.24) is 0 Å². The number of allylic oxidation sites excluding steroid dienone is 3. The topological polar surface area (TPSA) is 52.6 Å². The standard InChI is InChI=1S/C25H36O4/c1-6-20-23(29-16(3)27)14-22-19-8-7-17-13-18(28-15(2)26)9-11-24(17,4)21(19)10-12-25(20,22)5/h9,13,19-23H,6-8,10-12,14H2,1-5H3/t19-,20+,21+,22+,23?,24+,25-/m1/s1. The summed E-state index contributed by atoms with van der Waals surface area (Å²) in [5, 5.41) is 0. The fourth-order valence-electron chi connectivity index (χ4n) is 7.79. The van der Waals surface area contributed by atoms with Crippen LogP contribution in [0, 0.1) is 34.5 Å². The van der Waals surface area contributed by atoms with Crippen LogP contribution >= 0.6 is 0 Å². The summed E-state index contributed by atoms with van der Waals surface area (Å²) >= 11 is 0. The van der Waals surface area contributed by atoms with Crippen molar-refractivity contribution in [3.63, 3.8) is 0 Å². The lowest BCUT2D eigenvalue weighted by Gasteiger charge is -2.57. The molecule has 0 aromatic rings. The molecule has 3 fully saturated rings. The SMILES string of the molecule is CC[C@H]1C(OC(C)=O)C[C@H]2[C@@H]3CCC4=CC(OC(C)=O)=CC[C@]4(C)[C@H]3CC[C@]12C. The lowest BCUT2D eigenvalue weighted by atomic mass is 9.47. The lowest BCUT2D eigenvalue weighted by Crippen LogP contribution is -2.50. The Morgan fingerprint density at radius 2 is 1.90 bits per heavy atom. The highest BCUT2D eigenvalue weighted by Gasteiger charge is 2.61. The van der Waals surface area contributed by atoms with Gasteiger partial charge >= 0.3 is 11.9 Å². The van der Waals surface area contributed by atoms with E-state index in [4.69, 9.17) is 9.47 Å². The molecule has 0 aromatic heterocycles. The number of carbonyl (C=O) groups is 2. The molecule has 0 N–H and O–H groups in total. The van der Waals surface area contributed by atoms with Gasteiger partial charge in [-0.1, -0.05) is 26.3 Å². The van der Waals surface area contributed by atoms with Crippen LogP contribution in [0.2, 0.25) is 0 Å². The van der Waals surface area contributed by atoms with Gasteiger partial charge in [0.1, 0.15) is 11.9 Å². The second-order valence-electron chi connectivity index (χ2n) is 10.3.